The Labute approximate surface area is 232 Å². The Kier molecular flexibility index (Phi) is 7.50. The summed E-state index contributed by atoms with van der Waals surface area (Å²) < 4.78 is 85.3. The number of nitriles is 1. The van der Waals surface area contributed by atoms with E-state index in [1.54, 1.807) is 6.92 Å². The van der Waals surface area contributed by atoms with E-state index in [2.05, 4.69) is 31.7 Å². The molecule has 1 aromatic carbocycles. The predicted molar refractivity (Wildman–Crippen MR) is 140 cm³/mol. The van der Waals surface area contributed by atoms with Crippen LogP contribution in [0.4, 0.5) is 33.5 Å². The van der Waals surface area contributed by atoms with Gasteiger partial charge in [0.2, 0.25) is 5.88 Å². The zero-order valence-corrected chi connectivity index (χ0v) is 22.4. The second-order valence-corrected chi connectivity index (χ2v) is 10.5. The quantitative estimate of drug-likeness (QED) is 0.279. The van der Waals surface area contributed by atoms with Crippen LogP contribution in [0.2, 0.25) is 0 Å². The predicted octanol–water partition coefficient (Wildman–Crippen LogP) is 5.12. The van der Waals surface area contributed by atoms with Gasteiger partial charge < -0.3 is 25.8 Å². The molecule has 218 valence electrons. The maximum Gasteiger partial charge on any atom is 0.417 e. The molecular weight excluding hydrogens is 549 g/mol. The van der Waals surface area contributed by atoms with Crippen LogP contribution in [0.3, 0.4) is 0 Å². The first-order chi connectivity index (χ1) is 19.4. The Morgan fingerprint density at radius 2 is 1.93 bits per heavy atom. The van der Waals surface area contributed by atoms with E-state index in [4.69, 9.17) is 20.5 Å². The lowest BCUT2D eigenvalue weighted by atomic mass is 9.96. The van der Waals surface area contributed by atoms with Gasteiger partial charge in [-0.3, -0.25) is 0 Å². The van der Waals surface area contributed by atoms with Gasteiger partial charge in [0.05, 0.1) is 30.0 Å². The fourth-order valence-electron chi connectivity index (χ4n) is 4.83. The van der Waals surface area contributed by atoms with Crippen LogP contribution in [0.5, 0.6) is 11.9 Å². The van der Waals surface area contributed by atoms with Gasteiger partial charge in [-0.05, 0) is 51.3 Å². The van der Waals surface area contributed by atoms with Gasteiger partial charge in [-0.15, -0.1) is 0 Å². The van der Waals surface area contributed by atoms with E-state index in [9.17, 15) is 17.6 Å². The number of ether oxygens (including phenoxy) is 2. The molecule has 5 rings (SSSR count). The smallest absolute Gasteiger partial charge is 0.417 e. The van der Waals surface area contributed by atoms with Crippen molar-refractivity contribution < 1.29 is 31.4 Å². The maximum absolute atomic E-state index is 16.3. The molecule has 4 N–H and O–H groups in total. The summed E-state index contributed by atoms with van der Waals surface area (Å²) in [7, 11) is 0. The van der Waals surface area contributed by atoms with Crippen molar-refractivity contribution in [1.29, 1.82) is 5.26 Å². The zero-order valence-electron chi connectivity index (χ0n) is 22.4. The first kappa shape index (κ1) is 28.5. The minimum Gasteiger partial charge on any atom is -0.474 e. The normalized spacial score (nSPS) is 18.5. The Morgan fingerprint density at radius 3 is 2.61 bits per heavy atom. The number of rotatable bonds is 5. The summed E-state index contributed by atoms with van der Waals surface area (Å²) in [5.41, 5.74) is 0.645. The van der Waals surface area contributed by atoms with Gasteiger partial charge in [0.15, 0.2) is 5.82 Å². The number of nitrogens with zero attached hydrogens (tertiary/aromatic N) is 4. The molecular formula is C27H28F5N7O2. The van der Waals surface area contributed by atoms with E-state index in [0.717, 1.165) is 19.8 Å². The number of pyridine rings is 1. The Balaban J connectivity index is 1.76. The number of halogens is 5. The Morgan fingerprint density at radius 1 is 1.17 bits per heavy atom. The molecule has 41 heavy (non-hydrogen) atoms. The molecule has 1 aliphatic heterocycles. The zero-order chi connectivity index (χ0) is 29.5. The second-order valence-electron chi connectivity index (χ2n) is 10.5. The molecule has 1 atom stereocenters. The fraction of sp³-hybridized carbons (Fsp3) is 0.481. The van der Waals surface area contributed by atoms with Crippen molar-refractivity contribution in [3.63, 3.8) is 0 Å². The van der Waals surface area contributed by atoms with E-state index in [1.807, 2.05) is 0 Å². The Bertz CT molecular complexity index is 1540. The van der Waals surface area contributed by atoms with Gasteiger partial charge in [0.1, 0.15) is 28.2 Å². The number of hydrogen-bond acceptors (Lipinski definition) is 9. The molecule has 0 radical (unpaired) electrons. The Hall–Kier alpha value is -3.99. The van der Waals surface area contributed by atoms with E-state index < -0.39 is 57.5 Å². The lowest BCUT2D eigenvalue weighted by molar-refractivity contribution is -0.137. The van der Waals surface area contributed by atoms with Gasteiger partial charge in [0, 0.05) is 30.5 Å². The average Bonchev–Trinajstić information content (AvgIpc) is 3.68. The van der Waals surface area contributed by atoms with Crippen LogP contribution in [-0.2, 0) is 6.18 Å². The third-order valence-corrected chi connectivity index (χ3v) is 7.35. The molecule has 1 saturated carbocycles. The van der Waals surface area contributed by atoms with Crippen molar-refractivity contribution in [2.45, 2.75) is 51.8 Å². The fourth-order valence-corrected chi connectivity index (χ4v) is 4.83. The first-order valence-corrected chi connectivity index (χ1v) is 13.1. The topological polar surface area (TPSA) is 131 Å². The molecule has 3 heterocycles. The molecule has 9 nitrogen and oxygen atoms in total. The highest BCUT2D eigenvalue weighted by Gasteiger charge is 2.44. The summed E-state index contributed by atoms with van der Waals surface area (Å²) in [6, 6.07) is 2.61. The van der Waals surface area contributed by atoms with Gasteiger partial charge in [0.25, 0.3) is 0 Å². The number of nitrogens with one attached hydrogen (secondary N) is 2. The van der Waals surface area contributed by atoms with Crippen LogP contribution in [0, 0.1) is 35.3 Å². The third-order valence-electron chi connectivity index (χ3n) is 7.35. The van der Waals surface area contributed by atoms with E-state index in [-0.39, 0.29) is 41.5 Å². The van der Waals surface area contributed by atoms with E-state index >= 15 is 4.39 Å². The summed E-state index contributed by atoms with van der Waals surface area (Å²) in [6.45, 7) is 4.25. The van der Waals surface area contributed by atoms with Gasteiger partial charge in [-0.2, -0.15) is 28.4 Å². The average molecular weight is 578 g/mol. The molecule has 0 spiro atoms. The number of nitrogens with two attached hydrogens (primary N) is 1. The first-order valence-electron chi connectivity index (χ1n) is 13.1. The van der Waals surface area contributed by atoms with E-state index in [1.165, 1.54) is 0 Å². The number of alkyl halides is 3. The minimum atomic E-state index is -5.05. The van der Waals surface area contributed by atoms with Crippen molar-refractivity contribution in [2.75, 3.05) is 37.3 Å². The standard InChI is InChI=1S/C27H28F5N7O2/c1-13-3-8-35-9-10-36-23-17-22(38-25(39-23)40-12-26(4-5-26)6-7-33)20(29)21(37-24(17)41-13)15-11-16(34)19(28)14(2)18(15)27(30,31)32/h11,13,35H,3-6,8-10,12,34H2,1-2H3,(H,36,38,39). The lowest BCUT2D eigenvalue weighted by Crippen LogP contribution is -2.26. The third kappa shape index (κ3) is 5.63. The minimum absolute atomic E-state index is 0.0193. The number of aromatic nitrogens is 3. The highest BCUT2D eigenvalue weighted by Crippen LogP contribution is 2.49. The number of anilines is 2. The van der Waals surface area contributed by atoms with Crippen LogP contribution in [0.15, 0.2) is 6.07 Å². The van der Waals surface area contributed by atoms with Crippen molar-refractivity contribution in [1.82, 2.24) is 20.3 Å². The summed E-state index contributed by atoms with van der Waals surface area (Å²) in [5.74, 6) is -2.55. The molecule has 2 aromatic heterocycles. The highest BCUT2D eigenvalue weighted by atomic mass is 19.4. The van der Waals surface area contributed by atoms with Crippen LogP contribution >= 0.6 is 0 Å². The number of hydrogen-bond donors (Lipinski definition) is 3. The summed E-state index contributed by atoms with van der Waals surface area (Å²) in [4.78, 5) is 12.8. The molecule has 0 amide bonds. The summed E-state index contributed by atoms with van der Waals surface area (Å²) in [6.07, 6.45) is -3.20. The molecule has 0 saturated heterocycles. The van der Waals surface area contributed by atoms with Crippen molar-refractivity contribution >= 4 is 22.4 Å². The molecule has 14 heteroatoms. The van der Waals surface area contributed by atoms with Crippen molar-refractivity contribution in [2.24, 2.45) is 5.41 Å². The van der Waals surface area contributed by atoms with E-state index in [0.29, 0.717) is 32.1 Å². The SMILES string of the molecule is Cc1c(F)c(N)cc(-c2nc3c4c(nc(OCC5(CC#N)CC5)nc4c2F)NCCNCCC(C)O3)c1C(F)(F)F. The second kappa shape index (κ2) is 10.8. The number of benzene rings is 1. The highest BCUT2D eigenvalue weighted by molar-refractivity contribution is 5.96. The van der Waals surface area contributed by atoms with Crippen molar-refractivity contribution in [3.8, 4) is 29.2 Å². The molecule has 0 bridgehead atoms. The van der Waals surface area contributed by atoms with Crippen LogP contribution < -0.4 is 25.8 Å². The largest absolute Gasteiger partial charge is 0.474 e. The summed E-state index contributed by atoms with van der Waals surface area (Å²) in [5, 5.41) is 15.5. The van der Waals surface area contributed by atoms with Crippen LogP contribution in [0.25, 0.3) is 22.2 Å². The summed E-state index contributed by atoms with van der Waals surface area (Å²) >= 11 is 0. The maximum atomic E-state index is 16.3. The molecule has 1 fully saturated rings. The van der Waals surface area contributed by atoms with Crippen molar-refractivity contribution in [3.05, 3.63) is 28.8 Å². The van der Waals surface area contributed by atoms with Gasteiger partial charge in [-0.25, -0.2) is 13.8 Å². The monoisotopic (exact) mass is 577 g/mol. The molecule has 2 aliphatic rings. The molecule has 3 aromatic rings. The molecule has 1 unspecified atom stereocenters. The van der Waals surface area contributed by atoms with Crippen LogP contribution in [0.1, 0.15) is 43.7 Å². The lowest BCUT2D eigenvalue weighted by Gasteiger charge is -2.21. The van der Waals surface area contributed by atoms with Crippen LogP contribution in [-0.4, -0.2) is 47.3 Å². The van der Waals surface area contributed by atoms with Gasteiger partial charge >= 0.3 is 12.2 Å². The van der Waals surface area contributed by atoms with Gasteiger partial charge in [-0.1, -0.05) is 0 Å². The molecule has 1 aliphatic carbocycles. The number of nitrogen functional groups attached to an aromatic ring is 1.